The lowest BCUT2D eigenvalue weighted by molar-refractivity contribution is -0.144. The normalized spacial score (nSPS) is 24.2. The van der Waals surface area contributed by atoms with E-state index >= 15 is 0 Å². The van der Waals surface area contributed by atoms with Crippen molar-refractivity contribution in [3.05, 3.63) is 30.1 Å². The molecule has 2 rings (SSSR count). The lowest BCUT2D eigenvalue weighted by Crippen LogP contribution is -2.50. The van der Waals surface area contributed by atoms with Gasteiger partial charge in [-0.05, 0) is 11.6 Å². The molecule has 9 nitrogen and oxygen atoms in total. The van der Waals surface area contributed by atoms with Crippen molar-refractivity contribution in [1.29, 1.82) is 0 Å². The Morgan fingerprint density at radius 1 is 1.48 bits per heavy atom. The highest BCUT2D eigenvalue weighted by molar-refractivity contribution is 7.55. The van der Waals surface area contributed by atoms with E-state index in [1.54, 1.807) is 26.2 Å². The van der Waals surface area contributed by atoms with Crippen LogP contribution in [0.5, 0.6) is 0 Å². The molecule has 0 aliphatic carbocycles. The third-order valence-electron chi connectivity index (χ3n) is 4.01. The number of rotatable bonds is 8. The Balaban J connectivity index is 1.89. The summed E-state index contributed by atoms with van der Waals surface area (Å²) in [6, 6.07) is 3.70. The molecule has 1 aliphatic rings. The van der Waals surface area contributed by atoms with Gasteiger partial charge in [-0.1, -0.05) is 19.9 Å². The van der Waals surface area contributed by atoms with Crippen LogP contribution < -0.4 is 5.32 Å². The minimum Gasteiger partial charge on any atom is -0.469 e. The zero-order valence-corrected chi connectivity index (χ0v) is 16.6. The first-order valence-electron chi connectivity index (χ1n) is 8.58. The number of carbonyl (C=O) groups is 2. The van der Waals surface area contributed by atoms with E-state index in [1.807, 2.05) is 12.1 Å². The van der Waals surface area contributed by atoms with Crippen molar-refractivity contribution >= 4 is 20.0 Å². The second-order valence-electron chi connectivity index (χ2n) is 6.78. The van der Waals surface area contributed by atoms with Gasteiger partial charge in [0.2, 0.25) is 0 Å². The number of amides is 1. The third-order valence-corrected chi connectivity index (χ3v) is 5.45. The third kappa shape index (κ3) is 6.48. The van der Waals surface area contributed by atoms with Crippen molar-refractivity contribution in [2.45, 2.75) is 32.8 Å². The number of methoxy groups -OCH3 is 1. The molecular formula is C17H26N2O7P+. The summed E-state index contributed by atoms with van der Waals surface area (Å²) in [5, 5.41) is 2.62. The molecule has 1 aromatic rings. The predicted octanol–water partition coefficient (Wildman–Crippen LogP) is 1.43. The number of hydrogen-bond acceptors (Lipinski definition) is 8. The van der Waals surface area contributed by atoms with Crippen molar-refractivity contribution < 1.29 is 32.8 Å². The van der Waals surface area contributed by atoms with Crippen molar-refractivity contribution in [3.63, 3.8) is 0 Å². The number of hydrogen-bond donors (Lipinski definition) is 2. The summed E-state index contributed by atoms with van der Waals surface area (Å²) in [6.45, 7) is 3.95. The molecule has 0 radical (unpaired) electrons. The highest BCUT2D eigenvalue weighted by Crippen LogP contribution is 2.63. The fourth-order valence-corrected chi connectivity index (χ4v) is 4.07. The summed E-state index contributed by atoms with van der Waals surface area (Å²) in [4.78, 5) is 38.2. The van der Waals surface area contributed by atoms with Crippen LogP contribution in [-0.2, 0) is 34.3 Å². The molecule has 1 aliphatic heterocycles. The van der Waals surface area contributed by atoms with E-state index in [9.17, 15) is 14.5 Å². The maximum absolute atomic E-state index is 12.5. The maximum atomic E-state index is 12.5. The Hall–Kier alpha value is -1.64. The average molecular weight is 401 g/mol. The van der Waals surface area contributed by atoms with Gasteiger partial charge in [-0.2, -0.15) is 13.9 Å². The molecule has 2 N–H and O–H groups in total. The monoisotopic (exact) mass is 401 g/mol. The summed E-state index contributed by atoms with van der Waals surface area (Å²) in [6.07, 6.45) is 2.97. The molecule has 0 spiro atoms. The lowest BCUT2D eigenvalue weighted by atomic mass is 9.87. The number of nitrogens with one attached hydrogen (secondary N) is 1. The Bertz CT molecular complexity index is 643. The predicted molar refractivity (Wildman–Crippen MR) is 97.3 cm³/mol. The molecule has 27 heavy (non-hydrogen) atoms. The highest BCUT2D eigenvalue weighted by atomic mass is 31.2. The fourth-order valence-electron chi connectivity index (χ4n) is 2.41. The van der Waals surface area contributed by atoms with Gasteiger partial charge in [0, 0.05) is 30.8 Å². The van der Waals surface area contributed by atoms with Gasteiger partial charge in [0.05, 0.1) is 13.5 Å². The number of esters is 1. The van der Waals surface area contributed by atoms with Crippen LogP contribution >= 0.6 is 8.17 Å². The van der Waals surface area contributed by atoms with Crippen molar-refractivity contribution in [2.24, 2.45) is 5.41 Å². The quantitative estimate of drug-likeness (QED) is 0.496. The molecule has 1 unspecified atom stereocenters. The molecule has 150 valence electrons. The van der Waals surface area contributed by atoms with Crippen molar-refractivity contribution in [2.75, 3.05) is 26.9 Å². The van der Waals surface area contributed by atoms with Gasteiger partial charge >= 0.3 is 14.1 Å². The van der Waals surface area contributed by atoms with Gasteiger partial charge in [0.25, 0.3) is 5.91 Å². The smallest absolute Gasteiger partial charge is 0.469 e. The number of ether oxygens (including phenoxy) is 1. The van der Waals surface area contributed by atoms with E-state index in [4.69, 9.17) is 13.6 Å². The van der Waals surface area contributed by atoms with Gasteiger partial charge < -0.3 is 10.1 Å². The van der Waals surface area contributed by atoms with Crippen molar-refractivity contribution in [1.82, 2.24) is 10.3 Å². The van der Waals surface area contributed by atoms with Gasteiger partial charge in [-0.25, -0.2) is 0 Å². The number of aromatic nitrogens is 1. The molecule has 1 fully saturated rings. The minimum atomic E-state index is -3.62. The van der Waals surface area contributed by atoms with Gasteiger partial charge in [-0.15, -0.1) is 4.52 Å². The van der Waals surface area contributed by atoms with Crippen molar-refractivity contribution in [3.8, 4) is 0 Å². The lowest BCUT2D eigenvalue weighted by Gasteiger charge is -2.36. The largest absolute Gasteiger partial charge is 0.573 e. The molecular weight excluding hydrogens is 375 g/mol. The van der Waals surface area contributed by atoms with Crippen LogP contribution in [0.1, 0.15) is 25.8 Å². The van der Waals surface area contributed by atoms with E-state index in [1.165, 1.54) is 7.11 Å². The minimum absolute atomic E-state index is 0.0485. The van der Waals surface area contributed by atoms with Crippen LogP contribution in [0.15, 0.2) is 24.5 Å². The van der Waals surface area contributed by atoms with Gasteiger partial charge in [0.15, 0.2) is 6.10 Å². The van der Waals surface area contributed by atoms with E-state index in [2.05, 4.69) is 15.0 Å². The Kier molecular flexibility index (Phi) is 7.64. The number of pyridine rings is 1. The van der Waals surface area contributed by atoms with Crippen LogP contribution in [-0.4, -0.2) is 54.7 Å². The molecule has 0 aromatic carbocycles. The van der Waals surface area contributed by atoms with Crippen LogP contribution in [0.4, 0.5) is 0 Å². The highest BCUT2D eigenvalue weighted by Gasteiger charge is 2.59. The summed E-state index contributed by atoms with van der Waals surface area (Å²) >= 11 is 0. The molecule has 2 atom stereocenters. The SMILES string of the molecule is COC(=O)CCNC(=O)[C@@H]1O[P+](O)(OCCc2cccnc2)OCC1(C)C. The first-order chi connectivity index (χ1) is 12.8. The molecule has 1 amide bonds. The second kappa shape index (κ2) is 9.52. The zero-order valence-electron chi connectivity index (χ0n) is 15.7. The molecule has 0 bridgehead atoms. The Morgan fingerprint density at radius 3 is 2.93 bits per heavy atom. The Morgan fingerprint density at radius 2 is 2.26 bits per heavy atom. The van der Waals surface area contributed by atoms with Crippen LogP contribution in [0, 0.1) is 5.41 Å². The zero-order chi connectivity index (χ0) is 19.9. The standard InChI is InChI=1S/C17H25N2O7P/c1-17(2)12-25-27(22,24-10-7-13-5-4-8-18-11-13)26-15(17)16(21)19-9-6-14(20)23-3/h4-5,8,11,15,22H,6-7,9-10,12H2,1-3H3/p+1/t15-,27?/m0/s1. The molecule has 10 heteroatoms. The maximum Gasteiger partial charge on any atom is 0.573 e. The summed E-state index contributed by atoms with van der Waals surface area (Å²) in [5.74, 6) is -0.869. The van der Waals surface area contributed by atoms with E-state index in [0.29, 0.717) is 6.42 Å². The Labute approximate surface area is 159 Å². The van der Waals surface area contributed by atoms with Crippen LogP contribution in [0.25, 0.3) is 0 Å². The van der Waals surface area contributed by atoms with E-state index in [0.717, 1.165) is 5.56 Å². The fraction of sp³-hybridized carbons (Fsp3) is 0.588. The number of carbonyl (C=O) groups excluding carboxylic acids is 2. The van der Waals surface area contributed by atoms with Crippen LogP contribution in [0.2, 0.25) is 0 Å². The molecule has 0 saturated carbocycles. The first kappa shape index (κ1) is 21.7. The second-order valence-corrected chi connectivity index (χ2v) is 8.44. The summed E-state index contributed by atoms with van der Waals surface area (Å²) in [5.41, 5.74) is 0.271. The topological polar surface area (TPSA) is 116 Å². The van der Waals surface area contributed by atoms with E-state index < -0.39 is 31.6 Å². The first-order valence-corrected chi connectivity index (χ1v) is 10.1. The summed E-state index contributed by atoms with van der Waals surface area (Å²) in [7, 11) is -2.34. The average Bonchev–Trinajstić information content (AvgIpc) is 2.64. The number of nitrogens with zero attached hydrogens (tertiary/aromatic N) is 1. The summed E-state index contributed by atoms with van der Waals surface area (Å²) < 4.78 is 20.9. The molecule has 1 aromatic heterocycles. The van der Waals surface area contributed by atoms with Gasteiger partial charge in [-0.3, -0.25) is 14.6 Å². The van der Waals surface area contributed by atoms with Gasteiger partial charge in [0.1, 0.15) is 13.2 Å². The molecule has 1 saturated heterocycles. The molecule has 2 heterocycles. The van der Waals surface area contributed by atoms with Crippen LogP contribution in [0.3, 0.4) is 0 Å². The van der Waals surface area contributed by atoms with E-state index in [-0.39, 0.29) is 26.2 Å².